The number of ether oxygens (including phenoxy) is 2. The van der Waals surface area contributed by atoms with Gasteiger partial charge in [-0.2, -0.15) is 5.10 Å². The fourth-order valence-electron chi connectivity index (χ4n) is 5.63. The number of imidazole rings is 1. The molecule has 5 heterocycles. The SMILES string of the molecule is O=C(COc1ccc(CN2CCOCC2)cc1Cl)N1CCc2nc3sccn3c2C1c1cnn(-c2ccccc2)c1. The van der Waals surface area contributed by atoms with Gasteiger partial charge < -0.3 is 14.4 Å². The van der Waals surface area contributed by atoms with E-state index in [2.05, 4.69) is 14.4 Å². The van der Waals surface area contributed by atoms with E-state index < -0.39 is 0 Å². The third-order valence-electron chi connectivity index (χ3n) is 7.65. The molecule has 1 atom stereocenters. The van der Waals surface area contributed by atoms with Crippen molar-refractivity contribution in [3.63, 3.8) is 0 Å². The highest BCUT2D eigenvalue weighted by atomic mass is 35.5. The lowest BCUT2D eigenvalue weighted by Gasteiger charge is -2.35. The molecule has 11 heteroatoms. The predicted octanol–water partition coefficient (Wildman–Crippen LogP) is 4.62. The van der Waals surface area contributed by atoms with Crippen molar-refractivity contribution in [2.24, 2.45) is 0 Å². The Bertz CT molecular complexity index is 1680. The molecule has 1 amide bonds. The fraction of sp³-hybridized carbons (Fsp3) is 0.300. The zero-order chi connectivity index (χ0) is 27.8. The third kappa shape index (κ3) is 5.24. The topological polar surface area (TPSA) is 77.1 Å². The zero-order valence-electron chi connectivity index (χ0n) is 22.4. The standard InChI is InChI=1S/C30H29ClN6O3S/c31-24-16-21(18-34-10-13-39-14-11-34)6-7-26(24)40-20-27(38)35-9-8-25-29(36-12-15-41-30(36)33-25)28(35)22-17-32-37(19-22)23-4-2-1-3-5-23/h1-7,12,15-17,19,28H,8-11,13-14,18,20H2. The number of nitrogens with zero attached hydrogens (tertiary/aromatic N) is 6. The van der Waals surface area contributed by atoms with Crippen molar-refractivity contribution in [2.45, 2.75) is 19.0 Å². The summed E-state index contributed by atoms with van der Waals surface area (Å²) >= 11 is 8.18. The van der Waals surface area contributed by atoms with Gasteiger partial charge in [0, 0.05) is 55.9 Å². The van der Waals surface area contributed by atoms with Crippen molar-refractivity contribution < 1.29 is 14.3 Å². The van der Waals surface area contributed by atoms with Crippen molar-refractivity contribution in [1.82, 2.24) is 29.0 Å². The number of rotatable bonds is 7. The average molecular weight is 589 g/mol. The van der Waals surface area contributed by atoms with Crippen LogP contribution in [0.2, 0.25) is 5.02 Å². The number of hydrogen-bond donors (Lipinski definition) is 0. The summed E-state index contributed by atoms with van der Waals surface area (Å²) in [4.78, 5) is 23.8. The number of carbonyl (C=O) groups is 1. The number of carbonyl (C=O) groups excluding carboxylic acids is 1. The summed E-state index contributed by atoms with van der Waals surface area (Å²) in [5.41, 5.74) is 4.99. The molecule has 1 saturated heterocycles. The van der Waals surface area contributed by atoms with Crippen LogP contribution in [0.5, 0.6) is 5.75 Å². The van der Waals surface area contributed by atoms with E-state index >= 15 is 0 Å². The smallest absolute Gasteiger partial charge is 0.261 e. The summed E-state index contributed by atoms with van der Waals surface area (Å²) in [5, 5.41) is 7.14. The van der Waals surface area contributed by atoms with Gasteiger partial charge in [0.1, 0.15) is 11.8 Å². The Kier molecular flexibility index (Phi) is 7.22. The molecule has 2 aliphatic rings. The molecule has 0 spiro atoms. The summed E-state index contributed by atoms with van der Waals surface area (Å²) in [5.74, 6) is 0.383. The molecule has 2 aromatic carbocycles. The van der Waals surface area contributed by atoms with Crippen LogP contribution in [0, 0.1) is 0 Å². The largest absolute Gasteiger partial charge is 0.482 e. The molecule has 41 heavy (non-hydrogen) atoms. The van der Waals surface area contributed by atoms with Crippen LogP contribution in [0.3, 0.4) is 0 Å². The highest BCUT2D eigenvalue weighted by Crippen LogP contribution is 2.37. The molecule has 0 bridgehead atoms. The number of halogens is 1. The van der Waals surface area contributed by atoms with Crippen LogP contribution in [-0.4, -0.2) is 74.3 Å². The summed E-state index contributed by atoms with van der Waals surface area (Å²) in [6.45, 7) is 4.53. The van der Waals surface area contributed by atoms with Crippen LogP contribution in [-0.2, 0) is 22.5 Å². The number of benzene rings is 2. The van der Waals surface area contributed by atoms with E-state index in [1.807, 2.05) is 82.1 Å². The van der Waals surface area contributed by atoms with Crippen LogP contribution < -0.4 is 4.74 Å². The van der Waals surface area contributed by atoms with Gasteiger partial charge in [0.25, 0.3) is 5.91 Å². The second kappa shape index (κ2) is 11.3. The minimum Gasteiger partial charge on any atom is -0.482 e. The second-order valence-corrected chi connectivity index (χ2v) is 11.5. The molecule has 0 N–H and O–H groups in total. The Labute approximate surface area is 246 Å². The van der Waals surface area contributed by atoms with Crippen LogP contribution >= 0.6 is 22.9 Å². The van der Waals surface area contributed by atoms with E-state index in [1.54, 1.807) is 11.3 Å². The summed E-state index contributed by atoms with van der Waals surface area (Å²) < 4.78 is 15.4. The Morgan fingerprint density at radius 3 is 2.80 bits per heavy atom. The Morgan fingerprint density at radius 2 is 1.98 bits per heavy atom. The first-order valence-electron chi connectivity index (χ1n) is 13.7. The number of para-hydroxylation sites is 1. The van der Waals surface area contributed by atoms with Crippen LogP contribution in [0.25, 0.3) is 10.6 Å². The van der Waals surface area contributed by atoms with Crippen LogP contribution in [0.15, 0.2) is 72.5 Å². The molecule has 3 aromatic heterocycles. The predicted molar refractivity (Wildman–Crippen MR) is 157 cm³/mol. The van der Waals surface area contributed by atoms with Crippen molar-refractivity contribution in [2.75, 3.05) is 39.5 Å². The number of fused-ring (bicyclic) bond motifs is 3. The van der Waals surface area contributed by atoms with Gasteiger partial charge in [0.05, 0.1) is 41.5 Å². The third-order valence-corrected chi connectivity index (χ3v) is 8.70. The van der Waals surface area contributed by atoms with Crippen LogP contribution in [0.1, 0.15) is 28.6 Å². The highest BCUT2D eigenvalue weighted by Gasteiger charge is 2.37. The molecule has 0 radical (unpaired) electrons. The summed E-state index contributed by atoms with van der Waals surface area (Å²) in [6.07, 6.45) is 6.52. The second-order valence-electron chi connectivity index (χ2n) is 10.2. The number of amides is 1. The van der Waals surface area contributed by atoms with Gasteiger partial charge in [-0.15, -0.1) is 11.3 Å². The molecule has 7 rings (SSSR count). The number of morpholine rings is 1. The fourth-order valence-corrected chi connectivity index (χ4v) is 6.63. The first-order chi connectivity index (χ1) is 20.1. The molecular weight excluding hydrogens is 560 g/mol. The molecule has 1 unspecified atom stereocenters. The van der Waals surface area contributed by atoms with E-state index in [-0.39, 0.29) is 18.6 Å². The Hall–Kier alpha value is -3.70. The minimum absolute atomic E-state index is 0.118. The van der Waals surface area contributed by atoms with E-state index in [9.17, 15) is 4.79 Å². The van der Waals surface area contributed by atoms with Crippen molar-refractivity contribution in [3.8, 4) is 11.4 Å². The normalized spacial score (nSPS) is 17.6. The van der Waals surface area contributed by atoms with Gasteiger partial charge in [0.2, 0.25) is 0 Å². The van der Waals surface area contributed by atoms with Gasteiger partial charge in [0.15, 0.2) is 11.6 Å². The van der Waals surface area contributed by atoms with Gasteiger partial charge in [-0.1, -0.05) is 35.9 Å². The first kappa shape index (κ1) is 26.2. The van der Waals surface area contributed by atoms with Gasteiger partial charge in [-0.05, 0) is 29.8 Å². The van der Waals surface area contributed by atoms with Gasteiger partial charge in [-0.3, -0.25) is 14.1 Å². The highest BCUT2D eigenvalue weighted by molar-refractivity contribution is 7.15. The number of hydrogen-bond acceptors (Lipinski definition) is 7. The zero-order valence-corrected chi connectivity index (χ0v) is 23.9. The molecule has 1 fully saturated rings. The molecular formula is C30H29ClN6O3S. The molecule has 210 valence electrons. The van der Waals surface area contributed by atoms with E-state index in [0.29, 0.717) is 23.7 Å². The van der Waals surface area contributed by atoms with E-state index in [0.717, 1.165) is 66.0 Å². The lowest BCUT2D eigenvalue weighted by molar-refractivity contribution is -0.135. The maximum atomic E-state index is 13.8. The van der Waals surface area contributed by atoms with Gasteiger partial charge >= 0.3 is 0 Å². The first-order valence-corrected chi connectivity index (χ1v) is 14.9. The maximum absolute atomic E-state index is 13.8. The Morgan fingerprint density at radius 1 is 1.12 bits per heavy atom. The van der Waals surface area contributed by atoms with Crippen molar-refractivity contribution in [3.05, 3.63) is 100 Å². The lowest BCUT2D eigenvalue weighted by Crippen LogP contribution is -2.43. The molecule has 5 aromatic rings. The average Bonchev–Trinajstić information content (AvgIpc) is 3.74. The number of thiazole rings is 1. The van der Waals surface area contributed by atoms with Crippen molar-refractivity contribution >= 4 is 33.8 Å². The molecule has 9 nitrogen and oxygen atoms in total. The molecule has 0 aliphatic carbocycles. The lowest BCUT2D eigenvalue weighted by atomic mass is 9.97. The Balaban J connectivity index is 1.12. The van der Waals surface area contributed by atoms with E-state index in [4.69, 9.17) is 26.1 Å². The quantitative estimate of drug-likeness (QED) is 0.276. The molecule has 2 aliphatic heterocycles. The minimum atomic E-state index is -0.344. The number of aromatic nitrogens is 4. The summed E-state index contributed by atoms with van der Waals surface area (Å²) in [7, 11) is 0. The van der Waals surface area contributed by atoms with E-state index in [1.165, 1.54) is 0 Å². The van der Waals surface area contributed by atoms with Gasteiger partial charge in [-0.25, -0.2) is 9.67 Å². The van der Waals surface area contributed by atoms with Crippen LogP contribution in [0.4, 0.5) is 0 Å². The monoisotopic (exact) mass is 588 g/mol. The maximum Gasteiger partial charge on any atom is 0.261 e. The van der Waals surface area contributed by atoms with Crippen molar-refractivity contribution in [1.29, 1.82) is 0 Å². The summed E-state index contributed by atoms with van der Waals surface area (Å²) in [6, 6.07) is 15.4. The molecule has 0 saturated carbocycles.